The lowest BCUT2D eigenvalue weighted by Gasteiger charge is -2.12. The largest absolute Gasteiger partial charge is 0.478 e. The molecule has 0 aliphatic heterocycles. The molecule has 2 heterocycles. The molecule has 2 aromatic heterocycles. The van der Waals surface area contributed by atoms with Gasteiger partial charge >= 0.3 is 5.97 Å². The number of carbonyl (C=O) groups excluding carboxylic acids is 1. The Morgan fingerprint density at radius 2 is 1.87 bits per heavy atom. The van der Waals surface area contributed by atoms with Crippen LogP contribution in [0.2, 0.25) is 0 Å². The van der Waals surface area contributed by atoms with E-state index in [1.54, 1.807) is 28.8 Å². The highest BCUT2D eigenvalue weighted by Crippen LogP contribution is 2.26. The Balaban J connectivity index is 1.77. The van der Waals surface area contributed by atoms with Gasteiger partial charge in [0.05, 0.1) is 5.56 Å². The predicted octanol–water partition coefficient (Wildman–Crippen LogP) is 3.47. The van der Waals surface area contributed by atoms with Crippen LogP contribution in [-0.4, -0.2) is 37.1 Å². The van der Waals surface area contributed by atoms with Gasteiger partial charge in [-0.25, -0.2) is 14.9 Å². The van der Waals surface area contributed by atoms with Crippen molar-refractivity contribution in [2.45, 2.75) is 26.3 Å². The van der Waals surface area contributed by atoms with Gasteiger partial charge in [0, 0.05) is 12.5 Å². The molecule has 8 heteroatoms. The standard InChI is InChI=1S/C23H20N4O4/c1-13(2)21-24-19-18(12-28)25-26-22(29)20(19)27(21)11-14-7-9-15(10-8-14)16-5-3-4-6-17(16)23(30)31/h3-10,12-13H,11H2,1-2H3,(H,26,29)(H,30,31). The van der Waals surface area contributed by atoms with Crippen LogP contribution in [0, 0.1) is 0 Å². The minimum Gasteiger partial charge on any atom is -0.478 e. The van der Waals surface area contributed by atoms with Gasteiger partial charge < -0.3 is 9.67 Å². The van der Waals surface area contributed by atoms with Crippen molar-refractivity contribution in [1.29, 1.82) is 0 Å². The summed E-state index contributed by atoms with van der Waals surface area (Å²) >= 11 is 0. The first-order chi connectivity index (χ1) is 14.9. The Labute approximate surface area is 177 Å². The summed E-state index contributed by atoms with van der Waals surface area (Å²) in [6, 6.07) is 14.3. The molecule has 0 atom stereocenters. The molecule has 0 aliphatic carbocycles. The minimum atomic E-state index is -0.982. The summed E-state index contributed by atoms with van der Waals surface area (Å²) in [5, 5.41) is 15.6. The van der Waals surface area contributed by atoms with Crippen LogP contribution < -0.4 is 5.56 Å². The second-order valence-corrected chi connectivity index (χ2v) is 7.51. The fraction of sp³-hybridized carbons (Fsp3) is 0.174. The number of carbonyl (C=O) groups is 2. The molecular formula is C23H20N4O4. The first-order valence-electron chi connectivity index (χ1n) is 9.76. The lowest BCUT2D eigenvalue weighted by Crippen LogP contribution is -2.16. The summed E-state index contributed by atoms with van der Waals surface area (Å²) in [7, 11) is 0. The maximum Gasteiger partial charge on any atom is 0.336 e. The third-order valence-electron chi connectivity index (χ3n) is 5.12. The number of aldehydes is 1. The van der Waals surface area contributed by atoms with E-state index in [-0.39, 0.29) is 22.7 Å². The number of hydrogen-bond donors (Lipinski definition) is 2. The molecule has 0 unspecified atom stereocenters. The summed E-state index contributed by atoms with van der Waals surface area (Å²) < 4.78 is 1.80. The van der Waals surface area contributed by atoms with Crippen LogP contribution in [0.15, 0.2) is 53.3 Å². The quantitative estimate of drug-likeness (QED) is 0.465. The van der Waals surface area contributed by atoms with E-state index >= 15 is 0 Å². The molecule has 4 rings (SSSR count). The second kappa shape index (κ2) is 7.98. The van der Waals surface area contributed by atoms with Gasteiger partial charge in [-0.3, -0.25) is 9.59 Å². The first kappa shape index (κ1) is 20.2. The van der Waals surface area contributed by atoms with Gasteiger partial charge in [-0.2, -0.15) is 5.10 Å². The van der Waals surface area contributed by atoms with E-state index in [0.29, 0.717) is 29.7 Å². The molecular weight excluding hydrogens is 396 g/mol. The van der Waals surface area contributed by atoms with Gasteiger partial charge in [0.15, 0.2) is 12.0 Å². The lowest BCUT2D eigenvalue weighted by atomic mass is 9.98. The van der Waals surface area contributed by atoms with E-state index in [2.05, 4.69) is 15.2 Å². The van der Waals surface area contributed by atoms with Gasteiger partial charge in [-0.1, -0.05) is 56.3 Å². The number of aromatic amines is 1. The number of fused-ring (bicyclic) bond motifs is 1. The molecule has 4 aromatic rings. The summed E-state index contributed by atoms with van der Waals surface area (Å²) in [5.41, 5.74) is 2.83. The number of aromatic carboxylic acids is 1. The molecule has 0 radical (unpaired) electrons. The summed E-state index contributed by atoms with van der Waals surface area (Å²) in [6.45, 7) is 4.30. The van der Waals surface area contributed by atoms with E-state index in [1.165, 1.54) is 0 Å². The number of hydrogen-bond acceptors (Lipinski definition) is 5. The number of rotatable bonds is 6. The molecule has 0 spiro atoms. The average molecular weight is 416 g/mol. The molecule has 0 saturated carbocycles. The van der Waals surface area contributed by atoms with Crippen molar-refractivity contribution in [3.8, 4) is 11.1 Å². The molecule has 156 valence electrons. The van der Waals surface area contributed by atoms with E-state index in [1.807, 2.05) is 38.1 Å². The predicted molar refractivity (Wildman–Crippen MR) is 116 cm³/mol. The number of carboxylic acid groups (broad SMARTS) is 1. The molecule has 8 nitrogen and oxygen atoms in total. The number of imidazole rings is 1. The van der Waals surface area contributed by atoms with Crippen LogP contribution in [0.5, 0.6) is 0 Å². The molecule has 2 aromatic carbocycles. The van der Waals surface area contributed by atoms with Crippen molar-refractivity contribution in [3.05, 3.63) is 81.5 Å². The van der Waals surface area contributed by atoms with Crippen molar-refractivity contribution in [1.82, 2.24) is 19.7 Å². The SMILES string of the molecule is CC(C)c1nc2c(C=O)n[nH]c(=O)c2n1Cc1ccc(-c2ccccc2C(=O)O)cc1. The zero-order valence-electron chi connectivity index (χ0n) is 17.0. The zero-order valence-corrected chi connectivity index (χ0v) is 17.0. The van der Waals surface area contributed by atoms with Crippen LogP contribution in [0.1, 0.15) is 52.0 Å². The number of carboxylic acids is 1. The van der Waals surface area contributed by atoms with Crippen molar-refractivity contribution in [3.63, 3.8) is 0 Å². The molecule has 0 saturated heterocycles. The van der Waals surface area contributed by atoms with Crippen LogP contribution in [-0.2, 0) is 6.54 Å². The first-order valence-corrected chi connectivity index (χ1v) is 9.76. The third kappa shape index (κ3) is 3.63. The van der Waals surface area contributed by atoms with E-state index in [9.17, 15) is 19.5 Å². The number of nitrogens with zero attached hydrogens (tertiary/aromatic N) is 3. The van der Waals surface area contributed by atoms with Gasteiger partial charge in [0.2, 0.25) is 0 Å². The van der Waals surface area contributed by atoms with Crippen LogP contribution in [0.3, 0.4) is 0 Å². The monoisotopic (exact) mass is 416 g/mol. The smallest absolute Gasteiger partial charge is 0.336 e. The van der Waals surface area contributed by atoms with Crippen molar-refractivity contribution in [2.24, 2.45) is 0 Å². The Hall–Kier alpha value is -4.07. The number of nitrogens with one attached hydrogen (secondary N) is 1. The topological polar surface area (TPSA) is 118 Å². The Morgan fingerprint density at radius 1 is 1.16 bits per heavy atom. The fourth-order valence-corrected chi connectivity index (χ4v) is 3.67. The normalized spacial score (nSPS) is 11.2. The molecule has 0 bridgehead atoms. The van der Waals surface area contributed by atoms with E-state index in [4.69, 9.17) is 0 Å². The Kier molecular flexibility index (Phi) is 5.21. The van der Waals surface area contributed by atoms with E-state index in [0.717, 1.165) is 11.1 Å². The minimum absolute atomic E-state index is 0.0213. The van der Waals surface area contributed by atoms with Crippen LogP contribution in [0.25, 0.3) is 22.2 Å². The zero-order chi connectivity index (χ0) is 22.1. The average Bonchev–Trinajstić information content (AvgIpc) is 3.15. The third-order valence-corrected chi connectivity index (χ3v) is 5.12. The summed E-state index contributed by atoms with van der Waals surface area (Å²) in [5.74, 6) is -0.283. The van der Waals surface area contributed by atoms with Crippen molar-refractivity contribution in [2.75, 3.05) is 0 Å². The maximum atomic E-state index is 12.5. The van der Waals surface area contributed by atoms with Crippen molar-refractivity contribution < 1.29 is 14.7 Å². The lowest BCUT2D eigenvalue weighted by molar-refractivity contribution is 0.0697. The Bertz CT molecular complexity index is 1350. The number of aromatic nitrogens is 4. The summed E-state index contributed by atoms with van der Waals surface area (Å²) in [4.78, 5) is 39.9. The molecule has 31 heavy (non-hydrogen) atoms. The molecule has 0 aliphatic rings. The van der Waals surface area contributed by atoms with Crippen molar-refractivity contribution >= 4 is 23.3 Å². The highest BCUT2D eigenvalue weighted by atomic mass is 16.4. The van der Waals surface area contributed by atoms with Crippen LogP contribution in [0.4, 0.5) is 0 Å². The highest BCUT2D eigenvalue weighted by molar-refractivity contribution is 5.96. The summed E-state index contributed by atoms with van der Waals surface area (Å²) in [6.07, 6.45) is 0.578. The molecule has 0 fully saturated rings. The van der Waals surface area contributed by atoms with Gasteiger partial charge in [-0.05, 0) is 22.8 Å². The number of H-pyrrole nitrogens is 1. The maximum absolute atomic E-state index is 12.5. The van der Waals surface area contributed by atoms with Gasteiger partial charge in [0.25, 0.3) is 5.56 Å². The fourth-order valence-electron chi connectivity index (χ4n) is 3.67. The molecule has 2 N–H and O–H groups in total. The van der Waals surface area contributed by atoms with Gasteiger partial charge in [0.1, 0.15) is 16.9 Å². The highest BCUT2D eigenvalue weighted by Gasteiger charge is 2.20. The second-order valence-electron chi connectivity index (χ2n) is 7.51. The number of benzene rings is 2. The van der Waals surface area contributed by atoms with Gasteiger partial charge in [-0.15, -0.1) is 0 Å². The van der Waals surface area contributed by atoms with E-state index < -0.39 is 11.5 Å². The van der Waals surface area contributed by atoms with Crippen LogP contribution >= 0.6 is 0 Å². The Morgan fingerprint density at radius 3 is 2.52 bits per heavy atom. The molecule has 0 amide bonds.